The molecular weight excluding hydrogens is 400 g/mol. The predicted octanol–water partition coefficient (Wildman–Crippen LogP) is 3.18. The Hall–Kier alpha value is -1.73. The molecule has 0 atom stereocenters. The van der Waals surface area contributed by atoms with E-state index in [9.17, 15) is 4.79 Å². The van der Waals surface area contributed by atoms with Gasteiger partial charge in [0.15, 0.2) is 5.65 Å². The highest BCUT2D eigenvalue weighted by atomic mass is 79.9. The molecule has 21 heavy (non-hydrogen) atoms. The summed E-state index contributed by atoms with van der Waals surface area (Å²) in [6, 6.07) is 5.80. The molecule has 0 saturated carbocycles. The number of rotatable bonds is 3. The second kappa shape index (κ2) is 5.95. The summed E-state index contributed by atoms with van der Waals surface area (Å²) in [5.41, 5.74) is 2.11. The van der Waals surface area contributed by atoms with Gasteiger partial charge in [0.2, 0.25) is 0 Å². The summed E-state index contributed by atoms with van der Waals surface area (Å²) in [6.45, 7) is 0.416. The summed E-state index contributed by atoms with van der Waals surface area (Å²) < 4.78 is 3.59. The molecule has 0 aliphatic carbocycles. The highest BCUT2D eigenvalue weighted by Crippen LogP contribution is 2.24. The van der Waals surface area contributed by atoms with Gasteiger partial charge in [0.1, 0.15) is 5.69 Å². The number of carbonyl (C=O) groups excluding carboxylic acids is 1. The van der Waals surface area contributed by atoms with Gasteiger partial charge in [0, 0.05) is 27.9 Å². The molecule has 0 unspecified atom stereocenters. The maximum Gasteiger partial charge on any atom is 0.270 e. The molecule has 0 bridgehead atoms. The summed E-state index contributed by atoms with van der Waals surface area (Å²) in [6.07, 6.45) is 6.49. The van der Waals surface area contributed by atoms with Crippen LogP contribution < -0.4 is 5.32 Å². The highest BCUT2D eigenvalue weighted by molar-refractivity contribution is 9.11. The van der Waals surface area contributed by atoms with Crippen molar-refractivity contribution in [1.82, 2.24) is 19.7 Å². The van der Waals surface area contributed by atoms with Crippen LogP contribution >= 0.6 is 31.9 Å². The minimum absolute atomic E-state index is 0.184. The lowest BCUT2D eigenvalue weighted by atomic mass is 10.2. The highest BCUT2D eigenvalue weighted by Gasteiger charge is 2.13. The van der Waals surface area contributed by atoms with Crippen LogP contribution in [0.3, 0.4) is 0 Å². The third-order valence-electron chi connectivity index (χ3n) is 3.04. The number of aromatic nitrogens is 3. The number of halogens is 2. The molecule has 0 aliphatic rings. The number of hydrogen-bond donors (Lipinski definition) is 1. The number of benzene rings is 1. The van der Waals surface area contributed by atoms with Gasteiger partial charge >= 0.3 is 0 Å². The Bertz CT molecular complexity index is 795. The Labute approximate surface area is 137 Å². The van der Waals surface area contributed by atoms with E-state index in [-0.39, 0.29) is 5.91 Å². The van der Waals surface area contributed by atoms with Crippen LogP contribution in [0, 0.1) is 0 Å². The van der Waals surface area contributed by atoms with E-state index >= 15 is 0 Å². The number of hydrogen-bond acceptors (Lipinski definition) is 3. The van der Waals surface area contributed by atoms with Crippen molar-refractivity contribution in [3.05, 3.63) is 63.2 Å². The molecular formula is C14H10Br2N4O. The summed E-state index contributed by atoms with van der Waals surface area (Å²) in [5, 5.41) is 2.89. The average Bonchev–Trinajstić information content (AvgIpc) is 2.90. The number of carbonyl (C=O) groups is 1. The number of amides is 1. The molecule has 0 radical (unpaired) electrons. The predicted molar refractivity (Wildman–Crippen MR) is 86.0 cm³/mol. The molecule has 0 saturated heterocycles. The van der Waals surface area contributed by atoms with Crippen molar-refractivity contribution in [2.45, 2.75) is 6.54 Å². The zero-order valence-corrected chi connectivity index (χ0v) is 13.9. The van der Waals surface area contributed by atoms with Gasteiger partial charge in [-0.2, -0.15) is 0 Å². The van der Waals surface area contributed by atoms with Crippen LogP contribution in [0.1, 0.15) is 16.1 Å². The first-order chi connectivity index (χ1) is 10.2. The van der Waals surface area contributed by atoms with E-state index in [4.69, 9.17) is 0 Å². The molecule has 1 aromatic carbocycles. The second-order valence-corrected chi connectivity index (χ2v) is 6.04. The Morgan fingerprint density at radius 2 is 2.00 bits per heavy atom. The lowest BCUT2D eigenvalue weighted by molar-refractivity contribution is 0.0945. The molecule has 1 N–H and O–H groups in total. The summed E-state index contributed by atoms with van der Waals surface area (Å²) in [7, 11) is 0. The zero-order chi connectivity index (χ0) is 14.8. The molecule has 1 amide bonds. The molecule has 3 rings (SSSR count). The van der Waals surface area contributed by atoms with Crippen LogP contribution in [0.15, 0.2) is 51.9 Å². The van der Waals surface area contributed by atoms with Crippen LogP contribution in [-0.4, -0.2) is 20.3 Å². The normalized spacial score (nSPS) is 10.8. The average molecular weight is 410 g/mol. The van der Waals surface area contributed by atoms with Gasteiger partial charge in [0.25, 0.3) is 5.91 Å². The van der Waals surface area contributed by atoms with E-state index in [1.807, 2.05) is 18.2 Å². The molecule has 106 valence electrons. The molecule has 5 nitrogen and oxygen atoms in total. The molecule has 3 aromatic rings. The van der Waals surface area contributed by atoms with Crippen molar-refractivity contribution < 1.29 is 4.79 Å². The quantitative estimate of drug-likeness (QED) is 0.722. The van der Waals surface area contributed by atoms with Crippen molar-refractivity contribution in [2.75, 3.05) is 0 Å². The Morgan fingerprint density at radius 1 is 1.24 bits per heavy atom. The summed E-state index contributed by atoms with van der Waals surface area (Å²) >= 11 is 6.96. The second-order valence-electron chi connectivity index (χ2n) is 4.33. The van der Waals surface area contributed by atoms with Crippen LogP contribution in [0.2, 0.25) is 0 Å². The molecule has 2 aromatic heterocycles. The van der Waals surface area contributed by atoms with Crippen LogP contribution in [0.4, 0.5) is 0 Å². The third kappa shape index (κ3) is 2.84. The first-order valence-electron chi connectivity index (χ1n) is 6.15. The van der Waals surface area contributed by atoms with E-state index in [1.165, 1.54) is 0 Å². The molecule has 0 spiro atoms. The zero-order valence-electron chi connectivity index (χ0n) is 10.8. The fourth-order valence-corrected chi connectivity index (χ4v) is 3.25. The Morgan fingerprint density at radius 3 is 2.76 bits per heavy atom. The molecule has 2 heterocycles. The maximum absolute atomic E-state index is 12.3. The maximum atomic E-state index is 12.3. The van der Waals surface area contributed by atoms with Crippen molar-refractivity contribution in [1.29, 1.82) is 0 Å². The Kier molecular flexibility index (Phi) is 4.03. The number of nitrogens with one attached hydrogen (secondary N) is 1. The van der Waals surface area contributed by atoms with Gasteiger partial charge in [-0.1, -0.05) is 37.9 Å². The van der Waals surface area contributed by atoms with Crippen LogP contribution in [0.5, 0.6) is 0 Å². The smallest absolute Gasteiger partial charge is 0.270 e. The monoisotopic (exact) mass is 408 g/mol. The van der Waals surface area contributed by atoms with Crippen LogP contribution in [0.25, 0.3) is 5.65 Å². The summed E-state index contributed by atoms with van der Waals surface area (Å²) in [4.78, 5) is 20.4. The van der Waals surface area contributed by atoms with Crippen molar-refractivity contribution >= 4 is 43.4 Å². The topological polar surface area (TPSA) is 59.3 Å². The number of nitrogens with zero attached hydrogens (tertiary/aromatic N) is 3. The van der Waals surface area contributed by atoms with Crippen LogP contribution in [-0.2, 0) is 6.54 Å². The molecule has 7 heteroatoms. The van der Waals surface area contributed by atoms with Crippen molar-refractivity contribution in [3.8, 4) is 0 Å². The van der Waals surface area contributed by atoms with Crippen molar-refractivity contribution in [2.24, 2.45) is 0 Å². The summed E-state index contributed by atoms with van der Waals surface area (Å²) in [5.74, 6) is -0.184. The minimum Gasteiger partial charge on any atom is -0.347 e. The number of imidazole rings is 1. The molecule has 0 aliphatic heterocycles. The van der Waals surface area contributed by atoms with E-state index < -0.39 is 0 Å². The minimum atomic E-state index is -0.184. The SMILES string of the molecule is O=C(NCc1c(Br)cccc1Br)c1cnc2cnccn12. The first-order valence-corrected chi connectivity index (χ1v) is 7.73. The Balaban J connectivity index is 1.81. The third-order valence-corrected chi connectivity index (χ3v) is 4.52. The van der Waals surface area contributed by atoms with Gasteiger partial charge in [-0.05, 0) is 17.7 Å². The van der Waals surface area contributed by atoms with Crippen molar-refractivity contribution in [3.63, 3.8) is 0 Å². The molecule has 0 fully saturated rings. The van der Waals surface area contributed by atoms with E-state index in [2.05, 4.69) is 47.1 Å². The van der Waals surface area contributed by atoms with E-state index in [1.54, 1.807) is 29.2 Å². The van der Waals surface area contributed by atoms with E-state index in [0.29, 0.717) is 17.9 Å². The van der Waals surface area contributed by atoms with Gasteiger partial charge in [-0.25, -0.2) is 4.98 Å². The van der Waals surface area contributed by atoms with Gasteiger partial charge < -0.3 is 5.32 Å². The number of fused-ring (bicyclic) bond motifs is 1. The lowest BCUT2D eigenvalue weighted by Gasteiger charge is -2.09. The van der Waals surface area contributed by atoms with Gasteiger partial charge in [0.05, 0.1) is 12.4 Å². The first kappa shape index (κ1) is 14.2. The largest absolute Gasteiger partial charge is 0.347 e. The fraction of sp³-hybridized carbons (Fsp3) is 0.0714. The standard InChI is InChI=1S/C14H10Br2N4O/c15-10-2-1-3-11(16)9(10)6-19-14(21)12-7-18-13-8-17-4-5-20(12)13/h1-5,7-8H,6H2,(H,19,21). The lowest BCUT2D eigenvalue weighted by Crippen LogP contribution is -2.24. The fourth-order valence-electron chi connectivity index (χ4n) is 1.97. The van der Waals surface area contributed by atoms with Gasteiger partial charge in [-0.3, -0.25) is 14.2 Å². The van der Waals surface area contributed by atoms with E-state index in [0.717, 1.165) is 14.5 Å². The van der Waals surface area contributed by atoms with Gasteiger partial charge in [-0.15, -0.1) is 0 Å².